The van der Waals surface area contributed by atoms with Gasteiger partial charge in [-0.25, -0.2) is 4.79 Å². The predicted molar refractivity (Wildman–Crippen MR) is 150 cm³/mol. The van der Waals surface area contributed by atoms with Crippen molar-refractivity contribution in [1.82, 2.24) is 34.3 Å². The molecule has 0 saturated heterocycles. The van der Waals surface area contributed by atoms with E-state index in [2.05, 4.69) is 94.5 Å². The highest BCUT2D eigenvalue weighted by Crippen LogP contribution is 2.35. The summed E-state index contributed by atoms with van der Waals surface area (Å²) in [6, 6.07) is 10.6. The Morgan fingerprint density at radius 3 is 2.74 bits per heavy atom. The molecular weight excluding hydrogens is 476 g/mol. The van der Waals surface area contributed by atoms with Gasteiger partial charge in [0.2, 0.25) is 5.82 Å². The topological polar surface area (TPSA) is 98.7 Å². The number of hydrogen-bond acceptors (Lipinski definition) is 5. The molecule has 4 heterocycles. The summed E-state index contributed by atoms with van der Waals surface area (Å²) in [6.45, 7) is 9.15. The van der Waals surface area contributed by atoms with Crippen LogP contribution < -0.4 is 5.69 Å². The molecule has 0 amide bonds. The van der Waals surface area contributed by atoms with Crippen LogP contribution in [0, 0.1) is 0 Å². The lowest BCUT2D eigenvalue weighted by atomic mass is 9.76. The number of benzene rings is 1. The van der Waals surface area contributed by atoms with Gasteiger partial charge in [-0.2, -0.15) is 5.21 Å². The molecule has 0 aliphatic carbocycles. The molecule has 4 aromatic rings. The van der Waals surface area contributed by atoms with E-state index in [1.54, 1.807) is 0 Å². The summed E-state index contributed by atoms with van der Waals surface area (Å²) in [6.07, 6.45) is 14.6. The average Bonchev–Trinajstić information content (AvgIpc) is 3.68. The molecule has 9 heteroatoms. The van der Waals surface area contributed by atoms with Crippen LogP contribution in [0.1, 0.15) is 69.8 Å². The fraction of sp³-hybridized carbons (Fsp3) is 0.414. The molecule has 5 rings (SSSR count). The van der Waals surface area contributed by atoms with Gasteiger partial charge in [-0.15, -0.1) is 10.2 Å². The minimum absolute atomic E-state index is 0.00369. The number of aliphatic imine (C=N–C) groups is 1. The van der Waals surface area contributed by atoms with Gasteiger partial charge >= 0.3 is 5.69 Å². The zero-order valence-corrected chi connectivity index (χ0v) is 22.6. The molecule has 1 N–H and O–H groups in total. The first-order valence-corrected chi connectivity index (χ1v) is 13.5. The number of H-pyrrole nitrogens is 1. The zero-order valence-electron chi connectivity index (χ0n) is 22.6. The third-order valence-electron chi connectivity index (χ3n) is 7.50. The highest BCUT2D eigenvalue weighted by Gasteiger charge is 2.33. The Bertz CT molecular complexity index is 1500. The zero-order chi connectivity index (χ0) is 26.7. The van der Waals surface area contributed by atoms with E-state index in [9.17, 15) is 4.79 Å². The molecule has 38 heavy (non-hydrogen) atoms. The van der Waals surface area contributed by atoms with Crippen LogP contribution in [0.25, 0.3) is 17.2 Å². The highest BCUT2D eigenvalue weighted by molar-refractivity contribution is 5.65. The van der Waals surface area contributed by atoms with Crippen LogP contribution in [0.5, 0.6) is 0 Å². The Morgan fingerprint density at radius 2 is 2.05 bits per heavy atom. The molecular formula is C29H36N8O. The lowest BCUT2D eigenvalue weighted by molar-refractivity contribution is 0.438. The van der Waals surface area contributed by atoms with Crippen molar-refractivity contribution in [1.29, 1.82) is 0 Å². The fourth-order valence-corrected chi connectivity index (χ4v) is 5.35. The molecule has 1 unspecified atom stereocenters. The number of hydrogen-bond donors (Lipinski definition) is 1. The molecule has 0 radical (unpaired) electrons. The van der Waals surface area contributed by atoms with Crippen molar-refractivity contribution in [3.63, 3.8) is 0 Å². The Labute approximate surface area is 222 Å². The van der Waals surface area contributed by atoms with Gasteiger partial charge in [-0.3, -0.25) is 14.1 Å². The van der Waals surface area contributed by atoms with Crippen LogP contribution in [0.2, 0.25) is 0 Å². The van der Waals surface area contributed by atoms with Crippen molar-refractivity contribution in [2.24, 2.45) is 4.99 Å². The lowest BCUT2D eigenvalue weighted by Gasteiger charge is -2.32. The molecule has 0 saturated carbocycles. The van der Waals surface area contributed by atoms with E-state index in [-0.39, 0.29) is 11.7 Å². The van der Waals surface area contributed by atoms with E-state index < -0.39 is 5.41 Å². The van der Waals surface area contributed by atoms with Crippen molar-refractivity contribution >= 4 is 6.21 Å². The van der Waals surface area contributed by atoms with Crippen molar-refractivity contribution in [2.75, 3.05) is 0 Å². The Kier molecular flexibility index (Phi) is 7.26. The normalized spacial score (nSPS) is 17.1. The van der Waals surface area contributed by atoms with Crippen LogP contribution in [0.15, 0.2) is 64.8 Å². The van der Waals surface area contributed by atoms with Crippen LogP contribution in [-0.4, -0.2) is 40.5 Å². The quantitative estimate of drug-likeness (QED) is 0.322. The van der Waals surface area contributed by atoms with Crippen LogP contribution in [0.4, 0.5) is 0 Å². The second kappa shape index (κ2) is 10.8. The number of nitrogens with zero attached hydrogens (tertiary/aromatic N) is 7. The first kappa shape index (κ1) is 25.6. The number of tetrazole rings is 1. The van der Waals surface area contributed by atoms with Gasteiger partial charge < -0.3 is 4.57 Å². The summed E-state index contributed by atoms with van der Waals surface area (Å²) >= 11 is 0. The molecule has 1 aliphatic heterocycles. The van der Waals surface area contributed by atoms with Gasteiger partial charge in [0.25, 0.3) is 0 Å². The van der Waals surface area contributed by atoms with Crippen LogP contribution in [-0.2, 0) is 24.8 Å². The molecule has 0 spiro atoms. The maximum absolute atomic E-state index is 14.2. The molecule has 198 valence electrons. The Morgan fingerprint density at radius 1 is 1.18 bits per heavy atom. The van der Waals surface area contributed by atoms with E-state index in [4.69, 9.17) is 0 Å². The predicted octanol–water partition coefficient (Wildman–Crippen LogP) is 5.03. The minimum Gasteiger partial charge on any atom is -0.331 e. The summed E-state index contributed by atoms with van der Waals surface area (Å²) in [7, 11) is 0. The van der Waals surface area contributed by atoms with Crippen LogP contribution in [0.3, 0.4) is 0 Å². The number of aryl methyl sites for hydroxylation is 2. The molecule has 0 fully saturated rings. The molecule has 1 aromatic carbocycles. The summed E-state index contributed by atoms with van der Waals surface area (Å²) in [5.74, 6) is 1.52. The third-order valence-corrected chi connectivity index (χ3v) is 7.50. The van der Waals surface area contributed by atoms with Gasteiger partial charge in [-0.05, 0) is 68.0 Å². The lowest BCUT2D eigenvalue weighted by Crippen LogP contribution is -2.37. The van der Waals surface area contributed by atoms with Gasteiger partial charge in [0.05, 0.1) is 0 Å². The standard InChI is InChI=1S/C29H36N8O/c1-5-7-11-25-19-36(27-22(6-2)12-17-35(27)21(3)4)28(38)37(25)20-29(13-15-30-16-14-29)24-10-8-9-23(18-24)26-31-33-34-32-26/h8-10,12-13,15-19,21H,5-7,11,14,20H2,1-4H3,(H,31,32,33,34). The van der Waals surface area contributed by atoms with Crippen molar-refractivity contribution in [2.45, 2.75) is 77.8 Å². The monoisotopic (exact) mass is 512 g/mol. The molecule has 3 aromatic heterocycles. The molecule has 1 aliphatic rings. The van der Waals surface area contributed by atoms with Crippen molar-refractivity contribution in [3.8, 4) is 17.2 Å². The summed E-state index contributed by atoms with van der Waals surface area (Å²) in [5.41, 5.74) is 3.75. The second-order valence-electron chi connectivity index (χ2n) is 10.3. The van der Waals surface area contributed by atoms with Crippen molar-refractivity contribution in [3.05, 3.63) is 82.3 Å². The van der Waals surface area contributed by atoms with Crippen molar-refractivity contribution < 1.29 is 0 Å². The van der Waals surface area contributed by atoms with Gasteiger partial charge in [0, 0.05) is 54.1 Å². The summed E-state index contributed by atoms with van der Waals surface area (Å²) in [5, 5.41) is 14.6. The van der Waals surface area contributed by atoms with E-state index in [0.29, 0.717) is 18.8 Å². The number of allylic oxidation sites excluding steroid dienone is 1. The highest BCUT2D eigenvalue weighted by atomic mass is 16.1. The average molecular weight is 513 g/mol. The maximum Gasteiger partial charge on any atom is 0.334 e. The van der Waals surface area contributed by atoms with Gasteiger partial charge in [0.15, 0.2) is 0 Å². The minimum atomic E-state index is -0.438. The first-order valence-electron chi connectivity index (χ1n) is 13.5. The summed E-state index contributed by atoms with van der Waals surface area (Å²) < 4.78 is 6.05. The third kappa shape index (κ3) is 4.68. The smallest absolute Gasteiger partial charge is 0.331 e. The fourth-order valence-electron chi connectivity index (χ4n) is 5.35. The van der Waals surface area contributed by atoms with E-state index in [1.807, 2.05) is 33.7 Å². The Balaban J connectivity index is 1.64. The number of nitrogens with one attached hydrogen (secondary N) is 1. The molecule has 0 bridgehead atoms. The van der Waals surface area contributed by atoms with Crippen LogP contribution >= 0.6 is 0 Å². The van der Waals surface area contributed by atoms with E-state index >= 15 is 0 Å². The second-order valence-corrected chi connectivity index (χ2v) is 10.3. The largest absolute Gasteiger partial charge is 0.334 e. The maximum atomic E-state index is 14.2. The summed E-state index contributed by atoms with van der Waals surface area (Å²) in [4.78, 5) is 18.6. The van der Waals surface area contributed by atoms with E-state index in [1.165, 1.54) is 5.56 Å². The number of rotatable bonds is 10. The number of aromatic nitrogens is 7. The van der Waals surface area contributed by atoms with Gasteiger partial charge in [-0.1, -0.05) is 44.5 Å². The number of imidazole rings is 1. The number of aromatic amines is 1. The first-order chi connectivity index (χ1) is 18.5. The molecule has 1 atom stereocenters. The van der Waals surface area contributed by atoms with Gasteiger partial charge in [0.1, 0.15) is 5.82 Å². The van der Waals surface area contributed by atoms with E-state index in [0.717, 1.165) is 48.3 Å². The number of unbranched alkanes of at least 4 members (excludes halogenated alkanes) is 1. The SMILES string of the molecule is CCCCc1cn(-c2c(CC)ccn2C(C)C)c(=O)n1CC1(c2cccc(-c3nn[nH]n3)c2)C=CN=CC1. The Hall–Kier alpha value is -4.01. The molecule has 9 nitrogen and oxygen atoms in total.